The summed E-state index contributed by atoms with van der Waals surface area (Å²) >= 11 is 6.07. The average Bonchev–Trinajstić information content (AvgIpc) is 2.88. The van der Waals surface area contributed by atoms with Gasteiger partial charge >= 0.3 is 0 Å². The summed E-state index contributed by atoms with van der Waals surface area (Å²) < 4.78 is 0. The van der Waals surface area contributed by atoms with Gasteiger partial charge in [0.05, 0.1) is 5.92 Å². The van der Waals surface area contributed by atoms with Crippen molar-refractivity contribution < 1.29 is 4.79 Å². The Morgan fingerprint density at radius 3 is 2.90 bits per heavy atom. The fourth-order valence-corrected chi connectivity index (χ4v) is 2.66. The van der Waals surface area contributed by atoms with Crippen LogP contribution in [0.5, 0.6) is 0 Å². The van der Waals surface area contributed by atoms with Crippen LogP contribution in [0.1, 0.15) is 17.0 Å². The Labute approximate surface area is 123 Å². The van der Waals surface area contributed by atoms with Crippen LogP contribution in [0.3, 0.4) is 0 Å². The molecule has 20 heavy (non-hydrogen) atoms. The summed E-state index contributed by atoms with van der Waals surface area (Å²) in [7, 11) is 0. The normalized spacial score (nSPS) is 16.4. The van der Waals surface area contributed by atoms with Gasteiger partial charge in [-0.3, -0.25) is 4.79 Å². The summed E-state index contributed by atoms with van der Waals surface area (Å²) in [6.45, 7) is 2.53. The molecule has 0 aromatic heterocycles. The predicted octanol–water partition coefficient (Wildman–Crippen LogP) is 3.80. The van der Waals surface area contributed by atoms with E-state index in [0.717, 1.165) is 22.5 Å². The highest BCUT2D eigenvalue weighted by Gasteiger charge is 2.28. The number of nitrogens with one attached hydrogen (secondary N) is 2. The summed E-state index contributed by atoms with van der Waals surface area (Å²) in [6, 6.07) is 13.4. The third-order valence-corrected chi connectivity index (χ3v) is 4.08. The second kappa shape index (κ2) is 5.17. The van der Waals surface area contributed by atoms with Crippen LogP contribution in [0, 0.1) is 6.92 Å². The summed E-state index contributed by atoms with van der Waals surface area (Å²) in [6.07, 6.45) is 0. The van der Waals surface area contributed by atoms with E-state index in [0.29, 0.717) is 11.6 Å². The van der Waals surface area contributed by atoms with Gasteiger partial charge in [-0.1, -0.05) is 35.9 Å². The molecule has 0 spiro atoms. The molecule has 1 amide bonds. The van der Waals surface area contributed by atoms with E-state index in [4.69, 9.17) is 11.6 Å². The molecule has 102 valence electrons. The molecule has 1 heterocycles. The molecule has 3 nitrogen and oxygen atoms in total. The maximum absolute atomic E-state index is 12.4. The zero-order valence-corrected chi connectivity index (χ0v) is 11.9. The number of anilines is 2. The Balaban J connectivity index is 1.83. The van der Waals surface area contributed by atoms with Crippen LogP contribution >= 0.6 is 11.6 Å². The molecule has 0 fully saturated rings. The maximum atomic E-state index is 12.4. The van der Waals surface area contributed by atoms with Crippen LogP contribution < -0.4 is 10.6 Å². The third kappa shape index (κ3) is 2.25. The predicted molar refractivity (Wildman–Crippen MR) is 82.5 cm³/mol. The van der Waals surface area contributed by atoms with Crippen molar-refractivity contribution >= 4 is 28.9 Å². The topological polar surface area (TPSA) is 41.1 Å². The van der Waals surface area contributed by atoms with Crippen LogP contribution in [-0.4, -0.2) is 12.5 Å². The molecule has 0 radical (unpaired) electrons. The molecular weight excluding hydrogens is 272 g/mol. The molecule has 2 N–H and O–H groups in total. The van der Waals surface area contributed by atoms with Gasteiger partial charge < -0.3 is 10.6 Å². The number of para-hydroxylation sites is 1. The van der Waals surface area contributed by atoms with E-state index in [2.05, 4.69) is 10.6 Å². The van der Waals surface area contributed by atoms with E-state index >= 15 is 0 Å². The second-order valence-electron chi connectivity index (χ2n) is 4.92. The lowest BCUT2D eigenvalue weighted by Gasteiger charge is -2.13. The summed E-state index contributed by atoms with van der Waals surface area (Å²) in [5, 5.41) is 6.89. The van der Waals surface area contributed by atoms with Gasteiger partial charge in [0, 0.05) is 22.9 Å². The van der Waals surface area contributed by atoms with Crippen molar-refractivity contribution in [1.82, 2.24) is 0 Å². The molecule has 0 bridgehead atoms. The van der Waals surface area contributed by atoms with Crippen LogP contribution in [0.15, 0.2) is 42.5 Å². The first-order valence-electron chi connectivity index (χ1n) is 6.55. The van der Waals surface area contributed by atoms with Gasteiger partial charge in [-0.05, 0) is 36.2 Å². The molecule has 2 aromatic carbocycles. The number of hydrogen-bond donors (Lipinski definition) is 2. The molecule has 0 saturated carbocycles. The number of hydrogen-bond acceptors (Lipinski definition) is 2. The van der Waals surface area contributed by atoms with Crippen molar-refractivity contribution in [3.05, 3.63) is 58.6 Å². The molecule has 1 atom stereocenters. The smallest absolute Gasteiger partial charge is 0.233 e. The zero-order chi connectivity index (χ0) is 14.1. The van der Waals surface area contributed by atoms with Gasteiger partial charge in [-0.2, -0.15) is 0 Å². The third-order valence-electron chi connectivity index (χ3n) is 3.67. The molecule has 1 aliphatic rings. The lowest BCUT2D eigenvalue weighted by molar-refractivity contribution is -0.117. The lowest BCUT2D eigenvalue weighted by Crippen LogP contribution is -2.22. The zero-order valence-electron chi connectivity index (χ0n) is 11.1. The van der Waals surface area contributed by atoms with E-state index in [1.807, 2.05) is 49.4 Å². The maximum Gasteiger partial charge on any atom is 0.233 e. The Kier molecular flexibility index (Phi) is 3.36. The van der Waals surface area contributed by atoms with Crippen molar-refractivity contribution in [2.45, 2.75) is 12.8 Å². The Morgan fingerprint density at radius 1 is 1.25 bits per heavy atom. The minimum Gasteiger partial charge on any atom is -0.384 e. The van der Waals surface area contributed by atoms with Gasteiger partial charge in [0.15, 0.2) is 0 Å². The van der Waals surface area contributed by atoms with E-state index < -0.39 is 0 Å². The second-order valence-corrected chi connectivity index (χ2v) is 5.33. The first-order valence-corrected chi connectivity index (χ1v) is 6.93. The lowest BCUT2D eigenvalue weighted by atomic mass is 10.0. The SMILES string of the molecule is Cc1c(Cl)cccc1NC(=O)C1CNc2ccccc21. The average molecular weight is 287 g/mol. The Bertz CT molecular complexity index is 669. The number of carbonyl (C=O) groups is 1. The quantitative estimate of drug-likeness (QED) is 0.882. The Hall–Kier alpha value is -2.00. The van der Waals surface area contributed by atoms with Crippen LogP contribution in [-0.2, 0) is 4.79 Å². The number of fused-ring (bicyclic) bond motifs is 1. The van der Waals surface area contributed by atoms with Gasteiger partial charge in [-0.15, -0.1) is 0 Å². The number of amides is 1. The number of benzene rings is 2. The largest absolute Gasteiger partial charge is 0.384 e. The number of halogens is 1. The minimum atomic E-state index is -0.162. The van der Waals surface area contributed by atoms with E-state index in [1.54, 1.807) is 0 Å². The van der Waals surface area contributed by atoms with Crippen LogP contribution in [0.2, 0.25) is 5.02 Å². The van der Waals surface area contributed by atoms with Crippen molar-refractivity contribution in [2.24, 2.45) is 0 Å². The standard InChI is InChI=1S/C16H15ClN2O/c1-10-13(17)6-4-8-14(10)19-16(20)12-9-18-15-7-3-2-5-11(12)15/h2-8,12,18H,9H2,1H3,(H,19,20). The molecule has 0 saturated heterocycles. The molecule has 2 aromatic rings. The number of carbonyl (C=O) groups excluding carboxylic acids is 1. The van der Waals surface area contributed by atoms with Gasteiger partial charge in [-0.25, -0.2) is 0 Å². The summed E-state index contributed by atoms with van der Waals surface area (Å²) in [4.78, 5) is 12.4. The fourth-order valence-electron chi connectivity index (χ4n) is 2.48. The van der Waals surface area contributed by atoms with Gasteiger partial charge in [0.2, 0.25) is 5.91 Å². The van der Waals surface area contributed by atoms with Crippen molar-refractivity contribution in [3.63, 3.8) is 0 Å². The van der Waals surface area contributed by atoms with Gasteiger partial charge in [0.25, 0.3) is 0 Å². The molecule has 0 aliphatic carbocycles. The molecular formula is C16H15ClN2O. The highest BCUT2D eigenvalue weighted by molar-refractivity contribution is 6.31. The first-order chi connectivity index (χ1) is 9.66. The highest BCUT2D eigenvalue weighted by atomic mass is 35.5. The van der Waals surface area contributed by atoms with Crippen LogP contribution in [0.25, 0.3) is 0 Å². The summed E-state index contributed by atoms with van der Waals surface area (Å²) in [5.74, 6) is -0.169. The van der Waals surface area contributed by atoms with Crippen LogP contribution in [0.4, 0.5) is 11.4 Å². The fraction of sp³-hybridized carbons (Fsp3) is 0.188. The van der Waals surface area contributed by atoms with E-state index in [-0.39, 0.29) is 11.8 Å². The minimum absolute atomic E-state index is 0.00665. The van der Waals surface area contributed by atoms with Gasteiger partial charge in [0.1, 0.15) is 0 Å². The van der Waals surface area contributed by atoms with Crippen molar-refractivity contribution in [1.29, 1.82) is 0 Å². The molecule has 4 heteroatoms. The van der Waals surface area contributed by atoms with E-state index in [9.17, 15) is 4.79 Å². The monoisotopic (exact) mass is 286 g/mol. The molecule has 1 aliphatic heterocycles. The molecule has 1 unspecified atom stereocenters. The highest BCUT2D eigenvalue weighted by Crippen LogP contribution is 2.32. The summed E-state index contributed by atoms with van der Waals surface area (Å²) in [5.41, 5.74) is 3.74. The first kappa shape index (κ1) is 13.0. The number of rotatable bonds is 2. The Morgan fingerprint density at radius 2 is 2.05 bits per heavy atom. The van der Waals surface area contributed by atoms with Crippen molar-refractivity contribution in [2.75, 3.05) is 17.2 Å². The van der Waals surface area contributed by atoms with E-state index in [1.165, 1.54) is 0 Å². The molecule has 3 rings (SSSR count). The van der Waals surface area contributed by atoms with Crippen molar-refractivity contribution in [3.8, 4) is 0 Å².